The Labute approximate surface area is 99.7 Å². The summed E-state index contributed by atoms with van der Waals surface area (Å²) in [5.41, 5.74) is 1.28. The van der Waals surface area contributed by atoms with Crippen molar-refractivity contribution < 1.29 is 4.74 Å². The van der Waals surface area contributed by atoms with Gasteiger partial charge in [-0.25, -0.2) is 0 Å². The highest BCUT2D eigenvalue weighted by atomic mass is 127. The molecule has 0 aliphatic carbocycles. The number of rotatable bonds is 3. The predicted molar refractivity (Wildman–Crippen MR) is 67.5 cm³/mol. The quantitative estimate of drug-likeness (QED) is 0.437. The minimum absolute atomic E-state index is 0.0672. The molecule has 0 spiro atoms. The zero-order chi connectivity index (χ0) is 10.2. The first-order valence-corrected chi connectivity index (χ1v) is 6.46. The third-order valence-corrected chi connectivity index (χ3v) is 4.06. The molecule has 0 saturated carbocycles. The first-order chi connectivity index (χ1) is 6.64. The maximum Gasteiger partial charge on any atom is 0.142 e. The molecular formula is C12H17IO. The van der Waals surface area contributed by atoms with Crippen LogP contribution in [0, 0.1) is 5.92 Å². The van der Waals surface area contributed by atoms with Gasteiger partial charge in [-0.3, -0.25) is 0 Å². The van der Waals surface area contributed by atoms with E-state index in [1.807, 2.05) is 0 Å². The number of ether oxygens (including phenoxy) is 1. The fourth-order valence-corrected chi connectivity index (χ4v) is 3.26. The Morgan fingerprint density at radius 3 is 3.21 bits per heavy atom. The van der Waals surface area contributed by atoms with Crippen LogP contribution < -0.4 is 0 Å². The predicted octanol–water partition coefficient (Wildman–Crippen LogP) is 3.84. The lowest BCUT2D eigenvalue weighted by Crippen LogP contribution is -2.28. The summed E-state index contributed by atoms with van der Waals surface area (Å²) < 4.78 is 5.94. The van der Waals surface area contributed by atoms with Gasteiger partial charge in [0.15, 0.2) is 0 Å². The minimum Gasteiger partial charge on any atom is -0.352 e. The van der Waals surface area contributed by atoms with Crippen LogP contribution in [0.1, 0.15) is 32.6 Å². The molecule has 2 rings (SSSR count). The van der Waals surface area contributed by atoms with Gasteiger partial charge in [0.1, 0.15) is 3.61 Å². The number of hydrogen-bond acceptors (Lipinski definition) is 1. The summed E-state index contributed by atoms with van der Waals surface area (Å²) in [7, 11) is 0. The van der Waals surface area contributed by atoms with E-state index >= 15 is 0 Å². The van der Waals surface area contributed by atoms with Gasteiger partial charge in [-0.1, -0.05) is 32.4 Å². The van der Waals surface area contributed by atoms with Crippen LogP contribution in [0.15, 0.2) is 24.3 Å². The van der Waals surface area contributed by atoms with Crippen LogP contribution in [0.3, 0.4) is 0 Å². The minimum atomic E-state index is -0.0672. The van der Waals surface area contributed by atoms with Crippen molar-refractivity contribution >= 4 is 22.6 Å². The number of unbranched alkanes of at least 4 members (excludes halogenated alkanes) is 1. The average molecular weight is 304 g/mol. The van der Waals surface area contributed by atoms with E-state index < -0.39 is 0 Å². The van der Waals surface area contributed by atoms with Gasteiger partial charge in [0.05, 0.1) is 6.10 Å². The highest BCUT2D eigenvalue weighted by Crippen LogP contribution is 2.47. The van der Waals surface area contributed by atoms with Crippen molar-refractivity contribution in [2.24, 2.45) is 5.92 Å². The monoisotopic (exact) mass is 304 g/mol. The number of fused-ring (bicyclic) bond motifs is 2. The topological polar surface area (TPSA) is 9.23 Å². The Hall–Kier alpha value is 0.170. The van der Waals surface area contributed by atoms with Crippen LogP contribution in [0.4, 0.5) is 0 Å². The summed E-state index contributed by atoms with van der Waals surface area (Å²) in [4.78, 5) is 0. The van der Waals surface area contributed by atoms with Gasteiger partial charge in [0, 0.05) is 12.3 Å². The molecule has 0 aromatic rings. The zero-order valence-corrected chi connectivity index (χ0v) is 10.8. The molecule has 2 aliphatic heterocycles. The lowest BCUT2D eigenvalue weighted by atomic mass is 9.92. The highest BCUT2D eigenvalue weighted by Gasteiger charge is 2.44. The van der Waals surface area contributed by atoms with Crippen LogP contribution in [0.5, 0.6) is 0 Å². The van der Waals surface area contributed by atoms with E-state index in [-0.39, 0.29) is 3.61 Å². The molecule has 0 radical (unpaired) electrons. The van der Waals surface area contributed by atoms with Crippen LogP contribution in [-0.4, -0.2) is 9.71 Å². The fourth-order valence-electron chi connectivity index (χ4n) is 2.29. The standard InChI is InChI=1S/C12H17IO/c1-3-4-5-10-6-7-12(13)8-9(2)11(10)14-12/h6-7,10-11H,2-5,8H2,1H3/t10-,11+,12+/m1/s1. The molecule has 3 atom stereocenters. The van der Waals surface area contributed by atoms with E-state index in [9.17, 15) is 0 Å². The normalized spacial score (nSPS) is 40.6. The van der Waals surface area contributed by atoms with E-state index in [0.29, 0.717) is 12.0 Å². The Bertz CT molecular complexity index is 271. The van der Waals surface area contributed by atoms with Crippen LogP contribution >= 0.6 is 22.6 Å². The molecular weight excluding hydrogens is 287 g/mol. The zero-order valence-electron chi connectivity index (χ0n) is 8.63. The molecule has 0 unspecified atom stereocenters. The second-order valence-electron chi connectivity index (χ2n) is 4.32. The second kappa shape index (κ2) is 3.97. The summed E-state index contributed by atoms with van der Waals surface area (Å²) in [5, 5.41) is 0. The van der Waals surface area contributed by atoms with Crippen molar-refractivity contribution in [3.8, 4) is 0 Å². The number of halogens is 1. The summed E-state index contributed by atoms with van der Waals surface area (Å²) in [6, 6.07) is 0. The van der Waals surface area contributed by atoms with E-state index in [2.05, 4.69) is 48.2 Å². The summed E-state index contributed by atoms with van der Waals surface area (Å²) >= 11 is 2.39. The Morgan fingerprint density at radius 1 is 1.71 bits per heavy atom. The van der Waals surface area contributed by atoms with Crippen LogP contribution in [-0.2, 0) is 4.74 Å². The summed E-state index contributed by atoms with van der Waals surface area (Å²) in [6.07, 6.45) is 9.65. The molecule has 0 aromatic heterocycles. The summed E-state index contributed by atoms with van der Waals surface area (Å²) in [6.45, 7) is 6.37. The first kappa shape index (κ1) is 10.7. The maximum atomic E-state index is 6.01. The molecule has 78 valence electrons. The molecule has 1 saturated heterocycles. The molecule has 1 fully saturated rings. The van der Waals surface area contributed by atoms with Gasteiger partial charge in [0.2, 0.25) is 0 Å². The van der Waals surface area contributed by atoms with E-state index in [1.165, 1.54) is 24.8 Å². The molecule has 2 heterocycles. The van der Waals surface area contributed by atoms with E-state index in [1.54, 1.807) is 0 Å². The van der Waals surface area contributed by atoms with Gasteiger partial charge in [-0.2, -0.15) is 0 Å². The maximum absolute atomic E-state index is 6.01. The molecule has 2 bridgehead atoms. The Morgan fingerprint density at radius 2 is 2.50 bits per heavy atom. The molecule has 0 N–H and O–H groups in total. The van der Waals surface area contributed by atoms with Gasteiger partial charge in [0.25, 0.3) is 0 Å². The second-order valence-corrected chi connectivity index (χ2v) is 6.15. The van der Waals surface area contributed by atoms with Crippen molar-refractivity contribution in [2.75, 3.05) is 0 Å². The summed E-state index contributed by atoms with van der Waals surface area (Å²) in [5.74, 6) is 0.577. The van der Waals surface area contributed by atoms with Crippen LogP contribution in [0.2, 0.25) is 0 Å². The average Bonchev–Trinajstić information content (AvgIpc) is 2.38. The smallest absolute Gasteiger partial charge is 0.142 e. The van der Waals surface area contributed by atoms with Crippen molar-refractivity contribution in [3.05, 3.63) is 24.3 Å². The molecule has 14 heavy (non-hydrogen) atoms. The van der Waals surface area contributed by atoms with Gasteiger partial charge >= 0.3 is 0 Å². The number of alkyl halides is 1. The van der Waals surface area contributed by atoms with Gasteiger partial charge in [-0.15, -0.1) is 0 Å². The lowest BCUT2D eigenvalue weighted by molar-refractivity contribution is 0.0316. The first-order valence-electron chi connectivity index (χ1n) is 5.38. The number of hydrogen-bond donors (Lipinski definition) is 0. The van der Waals surface area contributed by atoms with Crippen molar-refractivity contribution in [2.45, 2.75) is 42.3 Å². The van der Waals surface area contributed by atoms with Crippen molar-refractivity contribution in [1.29, 1.82) is 0 Å². The SMILES string of the molecule is C=C1C[C@]2(I)C=C[C@@H](CCCC)[C@H]1O2. The third-order valence-electron chi connectivity index (χ3n) is 3.07. The van der Waals surface area contributed by atoms with E-state index in [4.69, 9.17) is 4.74 Å². The van der Waals surface area contributed by atoms with E-state index in [0.717, 1.165) is 6.42 Å². The molecule has 2 aliphatic rings. The molecule has 1 nitrogen and oxygen atoms in total. The van der Waals surface area contributed by atoms with Gasteiger partial charge < -0.3 is 4.74 Å². The molecule has 2 heteroatoms. The van der Waals surface area contributed by atoms with Gasteiger partial charge in [-0.05, 0) is 40.7 Å². The van der Waals surface area contributed by atoms with Crippen molar-refractivity contribution in [3.63, 3.8) is 0 Å². The molecule has 0 amide bonds. The Kier molecular flexibility index (Phi) is 3.03. The lowest BCUT2D eigenvalue weighted by Gasteiger charge is -2.28. The third kappa shape index (κ3) is 1.91. The highest BCUT2D eigenvalue weighted by molar-refractivity contribution is 14.1. The Balaban J connectivity index is 2.08. The molecule has 0 aromatic carbocycles. The van der Waals surface area contributed by atoms with Crippen LogP contribution in [0.25, 0.3) is 0 Å². The van der Waals surface area contributed by atoms with Crippen molar-refractivity contribution in [1.82, 2.24) is 0 Å². The fraction of sp³-hybridized carbons (Fsp3) is 0.667. The largest absolute Gasteiger partial charge is 0.352 e.